The second-order valence-corrected chi connectivity index (χ2v) is 9.46. The van der Waals surface area contributed by atoms with Gasteiger partial charge in [0, 0.05) is 11.1 Å². The highest BCUT2D eigenvalue weighted by Gasteiger charge is 2.77. The normalized spacial score (nSPS) is 22.7. The van der Waals surface area contributed by atoms with Crippen LogP contribution in [0.3, 0.4) is 0 Å². The minimum atomic E-state index is -1.03. The highest BCUT2D eigenvalue weighted by atomic mass is 19.1. The van der Waals surface area contributed by atoms with Crippen LogP contribution in [-0.2, 0) is 22.2 Å². The fourth-order valence-electron chi connectivity index (χ4n) is 5.88. The Labute approximate surface area is 197 Å². The van der Waals surface area contributed by atoms with Crippen LogP contribution in [0, 0.1) is 23.1 Å². The van der Waals surface area contributed by atoms with Crippen molar-refractivity contribution in [1.29, 1.82) is 5.26 Å². The van der Waals surface area contributed by atoms with Gasteiger partial charge >= 0.3 is 5.97 Å². The number of benzene rings is 3. The summed E-state index contributed by atoms with van der Waals surface area (Å²) in [6.07, 6.45) is 0.546. The summed E-state index contributed by atoms with van der Waals surface area (Å²) in [5.41, 5.74) is 2.23. The van der Waals surface area contributed by atoms with Gasteiger partial charge < -0.3 is 10.0 Å². The van der Waals surface area contributed by atoms with E-state index in [9.17, 15) is 24.3 Å². The lowest BCUT2D eigenvalue weighted by molar-refractivity contribution is -0.121. The third-order valence-electron chi connectivity index (χ3n) is 7.53. The average Bonchev–Trinajstić information content (AvgIpc) is 3.50. The van der Waals surface area contributed by atoms with E-state index in [4.69, 9.17) is 0 Å². The molecule has 0 radical (unpaired) electrons. The number of carbonyl (C=O) groups excluding carboxylic acids is 1. The highest BCUT2D eigenvalue weighted by molar-refractivity contribution is 6.12. The van der Waals surface area contributed by atoms with E-state index in [1.165, 1.54) is 18.2 Å². The number of aromatic carboxylic acids is 1. The quantitative estimate of drug-likeness (QED) is 0.576. The highest BCUT2D eigenvalue weighted by Crippen LogP contribution is 2.73. The monoisotopic (exact) mass is 454 g/mol. The molecule has 2 atom stereocenters. The summed E-state index contributed by atoms with van der Waals surface area (Å²) >= 11 is 0. The fourth-order valence-corrected chi connectivity index (χ4v) is 5.88. The Morgan fingerprint density at radius 1 is 1.15 bits per heavy atom. The molecule has 0 unspecified atom stereocenters. The molecule has 170 valence electrons. The van der Waals surface area contributed by atoms with Crippen molar-refractivity contribution in [2.45, 2.75) is 37.6 Å². The van der Waals surface area contributed by atoms with Crippen LogP contribution >= 0.6 is 0 Å². The van der Waals surface area contributed by atoms with Gasteiger partial charge in [-0.15, -0.1) is 0 Å². The smallest absolute Gasteiger partial charge is 0.335 e. The number of carbonyl (C=O) groups is 2. The van der Waals surface area contributed by atoms with Gasteiger partial charge in [0.05, 0.1) is 29.2 Å². The molecule has 1 aliphatic carbocycles. The molecule has 0 saturated heterocycles. The molecule has 1 saturated carbocycles. The summed E-state index contributed by atoms with van der Waals surface area (Å²) < 4.78 is 14.5. The molecule has 0 aromatic heterocycles. The van der Waals surface area contributed by atoms with E-state index in [0.717, 1.165) is 5.56 Å². The van der Waals surface area contributed by atoms with Crippen LogP contribution in [0.25, 0.3) is 0 Å². The number of rotatable bonds is 5. The predicted molar refractivity (Wildman–Crippen MR) is 125 cm³/mol. The van der Waals surface area contributed by atoms with E-state index in [2.05, 4.69) is 19.9 Å². The molecule has 2 aliphatic rings. The van der Waals surface area contributed by atoms with Crippen LogP contribution < -0.4 is 4.90 Å². The topological polar surface area (TPSA) is 81.4 Å². The number of nitriles is 1. The number of fused-ring (bicyclic) bond motifs is 2. The summed E-state index contributed by atoms with van der Waals surface area (Å²) in [6.45, 7) is 4.33. The molecule has 3 aromatic carbocycles. The van der Waals surface area contributed by atoms with Crippen molar-refractivity contribution in [3.8, 4) is 6.07 Å². The molecule has 34 heavy (non-hydrogen) atoms. The Morgan fingerprint density at radius 2 is 1.88 bits per heavy atom. The van der Waals surface area contributed by atoms with Gasteiger partial charge in [0.15, 0.2) is 0 Å². The Bertz CT molecular complexity index is 1380. The number of hydrogen-bond acceptors (Lipinski definition) is 3. The Balaban J connectivity index is 1.62. The summed E-state index contributed by atoms with van der Waals surface area (Å²) in [7, 11) is 0. The average molecular weight is 455 g/mol. The SMILES string of the molecule is CC(C)[C@]1(c2ccc(C#N)cc2)C[C@]12C(=O)N(Cc1cccc(C(=O)O)c1)c1ccc(F)cc12. The molecule has 6 heteroatoms. The molecule has 5 rings (SSSR count). The minimum Gasteiger partial charge on any atom is -0.478 e. The lowest BCUT2D eigenvalue weighted by Gasteiger charge is -2.27. The molecule has 1 heterocycles. The zero-order valence-electron chi connectivity index (χ0n) is 18.9. The Kier molecular flexibility index (Phi) is 4.84. The second-order valence-electron chi connectivity index (χ2n) is 9.46. The first-order valence-electron chi connectivity index (χ1n) is 11.2. The van der Waals surface area contributed by atoms with Crippen LogP contribution in [-0.4, -0.2) is 17.0 Å². The third-order valence-corrected chi connectivity index (χ3v) is 7.53. The van der Waals surface area contributed by atoms with Crippen LogP contribution in [0.1, 0.15) is 52.9 Å². The van der Waals surface area contributed by atoms with Gasteiger partial charge in [-0.1, -0.05) is 38.1 Å². The third kappa shape index (κ3) is 2.90. The summed E-state index contributed by atoms with van der Waals surface area (Å²) in [6, 6.07) is 20.4. The van der Waals surface area contributed by atoms with E-state index in [-0.39, 0.29) is 23.9 Å². The van der Waals surface area contributed by atoms with Crippen molar-refractivity contribution in [3.05, 3.63) is 100 Å². The van der Waals surface area contributed by atoms with Gasteiger partial charge in [-0.25, -0.2) is 9.18 Å². The van der Waals surface area contributed by atoms with Crippen LogP contribution in [0.15, 0.2) is 66.7 Å². The number of carboxylic acid groups (broad SMARTS) is 1. The molecule has 3 aromatic rings. The lowest BCUT2D eigenvalue weighted by atomic mass is 9.75. The Morgan fingerprint density at radius 3 is 2.53 bits per heavy atom. The number of nitrogens with zero attached hydrogens (tertiary/aromatic N) is 2. The van der Waals surface area contributed by atoms with Gasteiger partial charge in [-0.2, -0.15) is 5.26 Å². The first-order valence-corrected chi connectivity index (χ1v) is 11.2. The first-order chi connectivity index (χ1) is 16.2. The van der Waals surface area contributed by atoms with Gasteiger partial charge in [-0.05, 0) is 71.5 Å². The van der Waals surface area contributed by atoms with Crippen LogP contribution in [0.5, 0.6) is 0 Å². The van der Waals surface area contributed by atoms with Crippen molar-refractivity contribution in [2.75, 3.05) is 4.90 Å². The van der Waals surface area contributed by atoms with E-state index in [1.54, 1.807) is 41.3 Å². The van der Waals surface area contributed by atoms with Gasteiger partial charge in [-0.3, -0.25) is 4.79 Å². The molecular formula is C28H23FN2O3. The molecule has 0 bridgehead atoms. The fraction of sp³-hybridized carbons (Fsp3) is 0.250. The number of halogens is 1. The second kappa shape index (κ2) is 7.53. The molecule has 1 fully saturated rings. The number of carboxylic acids is 1. The van der Waals surface area contributed by atoms with Crippen molar-refractivity contribution in [1.82, 2.24) is 0 Å². The number of hydrogen-bond donors (Lipinski definition) is 1. The largest absolute Gasteiger partial charge is 0.478 e. The molecule has 1 N–H and O–H groups in total. The van der Waals surface area contributed by atoms with Crippen molar-refractivity contribution < 1.29 is 19.1 Å². The molecular weight excluding hydrogens is 431 g/mol. The summed E-state index contributed by atoms with van der Waals surface area (Å²) in [5, 5.41) is 18.6. The summed E-state index contributed by atoms with van der Waals surface area (Å²) in [4.78, 5) is 27.2. The van der Waals surface area contributed by atoms with Crippen molar-refractivity contribution >= 4 is 17.6 Å². The van der Waals surface area contributed by atoms with E-state index < -0.39 is 22.6 Å². The first kappa shape index (κ1) is 21.8. The van der Waals surface area contributed by atoms with Crippen LogP contribution in [0.4, 0.5) is 10.1 Å². The maximum absolute atomic E-state index is 14.5. The number of anilines is 1. The Hall–Kier alpha value is -3.98. The van der Waals surface area contributed by atoms with E-state index in [1.807, 2.05) is 12.1 Å². The van der Waals surface area contributed by atoms with Crippen LogP contribution in [0.2, 0.25) is 0 Å². The summed E-state index contributed by atoms with van der Waals surface area (Å²) in [5.74, 6) is -1.46. The zero-order valence-corrected chi connectivity index (χ0v) is 18.9. The van der Waals surface area contributed by atoms with Gasteiger partial charge in [0.1, 0.15) is 5.82 Å². The van der Waals surface area contributed by atoms with Crippen molar-refractivity contribution in [2.24, 2.45) is 5.92 Å². The molecule has 1 amide bonds. The minimum absolute atomic E-state index is 0.0794. The molecule has 5 nitrogen and oxygen atoms in total. The standard InChI is InChI=1S/C28H23FN2O3/c1-17(2)27(21-8-6-18(14-30)7-9-21)16-28(27)23-13-22(29)10-11-24(23)31(26(28)34)15-19-4-3-5-20(12-19)25(32)33/h3-13,17H,15-16H2,1-2H3,(H,32,33)/t27-,28-/m0/s1. The van der Waals surface area contributed by atoms with Gasteiger partial charge in [0.2, 0.25) is 5.91 Å². The zero-order chi connectivity index (χ0) is 24.3. The maximum atomic E-state index is 14.5. The van der Waals surface area contributed by atoms with E-state index in [0.29, 0.717) is 28.8 Å². The predicted octanol–water partition coefficient (Wildman–Crippen LogP) is 5.18. The van der Waals surface area contributed by atoms with E-state index >= 15 is 0 Å². The number of amides is 1. The van der Waals surface area contributed by atoms with Crippen molar-refractivity contribution in [3.63, 3.8) is 0 Å². The van der Waals surface area contributed by atoms with Gasteiger partial charge in [0.25, 0.3) is 0 Å². The molecule has 1 spiro atoms. The lowest BCUT2D eigenvalue weighted by Crippen LogP contribution is -2.38. The molecule has 1 aliphatic heterocycles. The maximum Gasteiger partial charge on any atom is 0.335 e.